The van der Waals surface area contributed by atoms with Crippen molar-refractivity contribution in [3.63, 3.8) is 0 Å². The highest BCUT2D eigenvalue weighted by Gasteiger charge is 2.16. The van der Waals surface area contributed by atoms with E-state index in [1.54, 1.807) is 67.3 Å². The van der Waals surface area contributed by atoms with Crippen molar-refractivity contribution < 1.29 is 20.4 Å². The molecule has 10 heteroatoms. The number of aliphatic imine (C=N–C) groups is 4. The van der Waals surface area contributed by atoms with Gasteiger partial charge in [-0.15, -0.1) is 0 Å². The SMILES string of the molecule is CN(C)c1ccc(C=NC(C)(C)CN=Cc2ccccc2O)c(O)c1.CN(C)c1ccc(C=NCC(C)(C)N=Cc2ccccc2O)c(O)c1. The van der Waals surface area contributed by atoms with Crippen LogP contribution in [-0.4, -0.2) is 97.6 Å². The number of phenolic OH excluding ortho intramolecular Hbond substituents is 4. The molecule has 0 aromatic heterocycles. The van der Waals surface area contributed by atoms with Crippen molar-refractivity contribution >= 4 is 36.2 Å². The third-order valence-corrected chi connectivity index (χ3v) is 7.46. The fourth-order valence-corrected chi connectivity index (χ4v) is 4.34. The second-order valence-corrected chi connectivity index (χ2v) is 13.5. The number of para-hydroxylation sites is 2. The minimum absolute atomic E-state index is 0.198. The minimum Gasteiger partial charge on any atom is -0.507 e. The molecule has 4 aromatic rings. The first-order valence-corrected chi connectivity index (χ1v) is 16.2. The Hall–Kier alpha value is -5.64. The molecule has 0 spiro atoms. The Kier molecular flexibility index (Phi) is 13.7. The number of hydrogen-bond donors (Lipinski definition) is 4. The molecular formula is C40H50N6O4. The summed E-state index contributed by atoms with van der Waals surface area (Å²) in [6, 6.07) is 25.1. The highest BCUT2D eigenvalue weighted by molar-refractivity contribution is 5.86. The summed E-state index contributed by atoms with van der Waals surface area (Å²) in [5.41, 5.74) is 3.72. The lowest BCUT2D eigenvalue weighted by Gasteiger charge is -2.17. The molecular weight excluding hydrogens is 628 g/mol. The van der Waals surface area contributed by atoms with E-state index >= 15 is 0 Å². The van der Waals surface area contributed by atoms with E-state index in [9.17, 15) is 20.4 Å². The quantitative estimate of drug-likeness (QED) is 0.120. The van der Waals surface area contributed by atoms with E-state index in [1.165, 1.54) is 0 Å². The van der Waals surface area contributed by atoms with Gasteiger partial charge in [-0.2, -0.15) is 0 Å². The van der Waals surface area contributed by atoms with E-state index in [1.807, 2.05) is 108 Å². The standard InChI is InChI=1S/2C20H25N3O2/c1-20(2,22-13-15-7-5-6-8-18(15)24)14-21-12-16-9-10-17(23(3)4)11-19(16)25;1-20(2,14-21-12-15-7-5-6-8-18(15)24)22-13-16-9-10-17(23(3)4)11-19(16)25/h2*5-13,24-25H,14H2,1-4H3. The van der Waals surface area contributed by atoms with E-state index in [2.05, 4.69) is 20.0 Å². The summed E-state index contributed by atoms with van der Waals surface area (Å²) in [6.07, 6.45) is 6.64. The Bertz CT molecular complexity index is 1830. The number of phenols is 4. The van der Waals surface area contributed by atoms with Crippen molar-refractivity contribution in [2.24, 2.45) is 20.0 Å². The van der Waals surface area contributed by atoms with Crippen LogP contribution in [0.4, 0.5) is 11.4 Å². The van der Waals surface area contributed by atoms with Crippen LogP contribution >= 0.6 is 0 Å². The molecule has 0 amide bonds. The summed E-state index contributed by atoms with van der Waals surface area (Å²) in [5.74, 6) is 0.809. The molecule has 264 valence electrons. The molecule has 0 heterocycles. The molecule has 0 atom stereocenters. The molecule has 50 heavy (non-hydrogen) atoms. The van der Waals surface area contributed by atoms with Gasteiger partial charge in [0.05, 0.1) is 24.2 Å². The summed E-state index contributed by atoms with van der Waals surface area (Å²) < 4.78 is 0. The Labute approximate surface area is 296 Å². The van der Waals surface area contributed by atoms with Gasteiger partial charge < -0.3 is 30.2 Å². The van der Waals surface area contributed by atoms with Gasteiger partial charge in [-0.05, 0) is 76.2 Å². The maximum absolute atomic E-state index is 10.1. The van der Waals surface area contributed by atoms with Gasteiger partial charge in [-0.25, -0.2) is 0 Å². The maximum atomic E-state index is 10.1. The van der Waals surface area contributed by atoms with Crippen LogP contribution < -0.4 is 9.80 Å². The molecule has 4 N–H and O–H groups in total. The molecule has 10 nitrogen and oxygen atoms in total. The Balaban J connectivity index is 0.000000270. The van der Waals surface area contributed by atoms with Crippen LogP contribution in [0.15, 0.2) is 105 Å². The molecule has 0 aliphatic heterocycles. The van der Waals surface area contributed by atoms with Gasteiger partial charge >= 0.3 is 0 Å². The fourth-order valence-electron chi connectivity index (χ4n) is 4.34. The van der Waals surface area contributed by atoms with Crippen molar-refractivity contribution in [3.05, 3.63) is 107 Å². The van der Waals surface area contributed by atoms with Crippen LogP contribution in [0.3, 0.4) is 0 Å². The lowest BCUT2D eigenvalue weighted by Crippen LogP contribution is -2.21. The summed E-state index contributed by atoms with van der Waals surface area (Å²) >= 11 is 0. The molecule has 0 saturated carbocycles. The maximum Gasteiger partial charge on any atom is 0.126 e. The third kappa shape index (κ3) is 12.4. The van der Waals surface area contributed by atoms with Crippen LogP contribution in [0.1, 0.15) is 49.9 Å². The fraction of sp³-hybridized carbons (Fsp3) is 0.300. The van der Waals surface area contributed by atoms with Gasteiger partial charge in [-0.1, -0.05) is 24.3 Å². The molecule has 0 aliphatic carbocycles. The number of rotatable bonds is 12. The summed E-state index contributed by atoms with van der Waals surface area (Å²) in [7, 11) is 7.70. The highest BCUT2D eigenvalue weighted by Crippen LogP contribution is 2.24. The number of aromatic hydroxyl groups is 4. The molecule has 4 aromatic carbocycles. The lowest BCUT2D eigenvalue weighted by molar-refractivity contribution is 0.473. The van der Waals surface area contributed by atoms with Crippen LogP contribution in [0, 0.1) is 0 Å². The Morgan fingerprint density at radius 2 is 0.820 bits per heavy atom. The van der Waals surface area contributed by atoms with Crippen molar-refractivity contribution in [3.8, 4) is 23.0 Å². The molecule has 0 bridgehead atoms. The summed E-state index contributed by atoms with van der Waals surface area (Å²) in [5, 5.41) is 39.7. The van der Waals surface area contributed by atoms with Gasteiger partial charge in [0, 0.05) is 98.8 Å². The van der Waals surface area contributed by atoms with Crippen LogP contribution in [0.25, 0.3) is 0 Å². The van der Waals surface area contributed by atoms with E-state index < -0.39 is 11.1 Å². The van der Waals surface area contributed by atoms with Gasteiger partial charge in [0.15, 0.2) is 0 Å². The first-order valence-electron chi connectivity index (χ1n) is 16.2. The van der Waals surface area contributed by atoms with Crippen molar-refractivity contribution in [1.82, 2.24) is 0 Å². The van der Waals surface area contributed by atoms with Crippen LogP contribution in [0.5, 0.6) is 23.0 Å². The lowest BCUT2D eigenvalue weighted by atomic mass is 10.1. The largest absolute Gasteiger partial charge is 0.507 e. The molecule has 0 unspecified atom stereocenters. The monoisotopic (exact) mass is 678 g/mol. The number of nitrogens with zero attached hydrogens (tertiary/aromatic N) is 6. The first kappa shape index (κ1) is 38.8. The second-order valence-electron chi connectivity index (χ2n) is 13.5. The smallest absolute Gasteiger partial charge is 0.126 e. The molecule has 0 saturated heterocycles. The normalized spacial score (nSPS) is 12.2. The van der Waals surface area contributed by atoms with Gasteiger partial charge in [0.25, 0.3) is 0 Å². The zero-order chi connectivity index (χ0) is 36.9. The molecule has 0 fully saturated rings. The van der Waals surface area contributed by atoms with Crippen LogP contribution in [0.2, 0.25) is 0 Å². The summed E-state index contributed by atoms with van der Waals surface area (Å²) in [4.78, 5) is 21.7. The average molecular weight is 679 g/mol. The minimum atomic E-state index is -0.423. The first-order chi connectivity index (χ1) is 23.6. The number of anilines is 2. The van der Waals surface area contributed by atoms with Crippen molar-refractivity contribution in [1.29, 1.82) is 0 Å². The Morgan fingerprint density at radius 1 is 0.480 bits per heavy atom. The van der Waals surface area contributed by atoms with Crippen LogP contribution in [-0.2, 0) is 0 Å². The van der Waals surface area contributed by atoms with E-state index in [4.69, 9.17) is 0 Å². The topological polar surface area (TPSA) is 137 Å². The third-order valence-electron chi connectivity index (χ3n) is 7.46. The summed E-state index contributed by atoms with van der Waals surface area (Å²) in [6.45, 7) is 8.81. The van der Waals surface area contributed by atoms with Gasteiger partial charge in [-0.3, -0.25) is 20.0 Å². The predicted molar refractivity (Wildman–Crippen MR) is 209 cm³/mol. The highest BCUT2D eigenvalue weighted by atomic mass is 16.3. The van der Waals surface area contributed by atoms with E-state index in [0.29, 0.717) is 35.3 Å². The molecule has 4 rings (SSSR count). The number of benzene rings is 4. The second kappa shape index (κ2) is 17.7. The van der Waals surface area contributed by atoms with Gasteiger partial charge in [0.2, 0.25) is 0 Å². The molecule has 0 radical (unpaired) electrons. The zero-order valence-electron chi connectivity index (χ0n) is 30.3. The van der Waals surface area contributed by atoms with E-state index in [-0.39, 0.29) is 23.0 Å². The van der Waals surface area contributed by atoms with Gasteiger partial charge in [0.1, 0.15) is 23.0 Å². The predicted octanol–water partition coefficient (Wildman–Crippen LogP) is 6.96. The van der Waals surface area contributed by atoms with E-state index in [0.717, 1.165) is 11.4 Å². The van der Waals surface area contributed by atoms with Crippen molar-refractivity contribution in [2.45, 2.75) is 38.8 Å². The Morgan fingerprint density at radius 3 is 1.18 bits per heavy atom. The molecule has 0 aliphatic rings. The van der Waals surface area contributed by atoms with Crippen molar-refractivity contribution in [2.75, 3.05) is 51.1 Å². The number of hydrogen-bond acceptors (Lipinski definition) is 10. The average Bonchev–Trinajstić information content (AvgIpc) is 3.05. The zero-order valence-corrected chi connectivity index (χ0v) is 30.3.